The van der Waals surface area contributed by atoms with Crippen LogP contribution in [-0.4, -0.2) is 40.7 Å². The number of rotatable bonds is 5. The Morgan fingerprint density at radius 1 is 1.37 bits per heavy atom. The third-order valence-electron chi connectivity index (χ3n) is 4.69. The van der Waals surface area contributed by atoms with Gasteiger partial charge in [0.15, 0.2) is 11.0 Å². The molecule has 6 nitrogen and oxygen atoms in total. The summed E-state index contributed by atoms with van der Waals surface area (Å²) in [6.45, 7) is 8.64. The molecule has 3 heterocycles. The predicted molar refractivity (Wildman–Crippen MR) is 110 cm³/mol. The zero-order chi connectivity index (χ0) is 19.4. The minimum atomic E-state index is -0.0299. The highest BCUT2D eigenvalue weighted by molar-refractivity contribution is 7.09. The molecule has 146 valence electrons. The standard InChI is InChI=1S/C19H26ClN5OS/c1-19(2,3)14-12-27-17(22-14)8-9-21-18(26)13-5-4-10-25(11-13)16-7-6-15(20)23-24-16/h6-7,12-13H,4-5,8-11H2,1-3H3,(H,21,26). The summed E-state index contributed by atoms with van der Waals surface area (Å²) >= 11 is 7.47. The number of nitrogens with one attached hydrogen (secondary N) is 1. The molecule has 0 saturated carbocycles. The molecule has 3 rings (SSSR count). The highest BCUT2D eigenvalue weighted by Crippen LogP contribution is 2.24. The van der Waals surface area contributed by atoms with E-state index in [4.69, 9.17) is 11.6 Å². The molecule has 1 unspecified atom stereocenters. The van der Waals surface area contributed by atoms with Crippen LogP contribution in [-0.2, 0) is 16.6 Å². The lowest BCUT2D eigenvalue weighted by Gasteiger charge is -2.32. The third kappa shape index (κ3) is 5.39. The summed E-state index contributed by atoms with van der Waals surface area (Å²) in [4.78, 5) is 19.4. The van der Waals surface area contributed by atoms with Crippen LogP contribution in [0.25, 0.3) is 0 Å². The van der Waals surface area contributed by atoms with Crippen LogP contribution in [0.4, 0.5) is 5.82 Å². The van der Waals surface area contributed by atoms with Crippen LogP contribution in [0.5, 0.6) is 0 Å². The number of thiazole rings is 1. The Bertz CT molecular complexity index is 771. The van der Waals surface area contributed by atoms with E-state index in [1.54, 1.807) is 17.4 Å². The molecular formula is C19H26ClN5OS. The maximum absolute atomic E-state index is 12.6. The normalized spacial score (nSPS) is 17.8. The van der Waals surface area contributed by atoms with Gasteiger partial charge in [-0.25, -0.2) is 4.98 Å². The summed E-state index contributed by atoms with van der Waals surface area (Å²) < 4.78 is 0. The maximum atomic E-state index is 12.6. The molecule has 0 radical (unpaired) electrons. The van der Waals surface area contributed by atoms with E-state index in [0.717, 1.165) is 42.3 Å². The zero-order valence-corrected chi connectivity index (χ0v) is 17.6. The van der Waals surface area contributed by atoms with Crippen molar-refractivity contribution in [2.45, 2.75) is 45.4 Å². The summed E-state index contributed by atoms with van der Waals surface area (Å²) in [6.07, 6.45) is 2.63. The second-order valence-corrected chi connectivity index (χ2v) is 9.25. The van der Waals surface area contributed by atoms with E-state index in [9.17, 15) is 4.79 Å². The Kier molecular flexibility index (Phi) is 6.32. The van der Waals surface area contributed by atoms with Gasteiger partial charge in [-0.15, -0.1) is 21.5 Å². The van der Waals surface area contributed by atoms with Crippen molar-refractivity contribution in [2.24, 2.45) is 5.92 Å². The summed E-state index contributed by atoms with van der Waals surface area (Å²) in [7, 11) is 0. The van der Waals surface area contributed by atoms with Gasteiger partial charge in [0.2, 0.25) is 5.91 Å². The fourth-order valence-electron chi connectivity index (χ4n) is 3.08. The van der Waals surface area contributed by atoms with Crippen molar-refractivity contribution in [2.75, 3.05) is 24.5 Å². The van der Waals surface area contributed by atoms with Gasteiger partial charge in [0.25, 0.3) is 0 Å². The van der Waals surface area contributed by atoms with E-state index >= 15 is 0 Å². The van der Waals surface area contributed by atoms with Crippen LogP contribution in [0.3, 0.4) is 0 Å². The predicted octanol–water partition coefficient (Wildman–Crippen LogP) is 3.46. The number of nitrogens with zero attached hydrogens (tertiary/aromatic N) is 4. The van der Waals surface area contributed by atoms with Crippen molar-refractivity contribution < 1.29 is 4.79 Å². The lowest BCUT2D eigenvalue weighted by molar-refractivity contribution is -0.125. The molecule has 1 fully saturated rings. The van der Waals surface area contributed by atoms with Gasteiger partial charge < -0.3 is 10.2 Å². The maximum Gasteiger partial charge on any atom is 0.224 e. The number of hydrogen-bond donors (Lipinski definition) is 1. The first-order chi connectivity index (χ1) is 12.8. The van der Waals surface area contributed by atoms with Gasteiger partial charge in [-0.05, 0) is 25.0 Å². The smallest absolute Gasteiger partial charge is 0.224 e. The summed E-state index contributed by atoms with van der Waals surface area (Å²) in [5.74, 6) is 0.848. The van der Waals surface area contributed by atoms with Crippen LogP contribution < -0.4 is 10.2 Å². The van der Waals surface area contributed by atoms with Crippen LogP contribution in [0.1, 0.15) is 44.3 Å². The highest BCUT2D eigenvalue weighted by atomic mass is 35.5. The summed E-state index contributed by atoms with van der Waals surface area (Å²) in [5, 5.41) is 14.7. The largest absolute Gasteiger partial charge is 0.355 e. The molecular weight excluding hydrogens is 382 g/mol. The quantitative estimate of drug-likeness (QED) is 0.821. The monoisotopic (exact) mass is 407 g/mol. The molecule has 1 atom stereocenters. The molecule has 0 aliphatic carbocycles. The van der Waals surface area contributed by atoms with Crippen LogP contribution in [0.15, 0.2) is 17.5 Å². The fourth-order valence-corrected chi connectivity index (χ4v) is 4.21. The number of anilines is 1. The molecule has 0 spiro atoms. The molecule has 0 aromatic carbocycles. The Hall–Kier alpha value is -1.73. The van der Waals surface area contributed by atoms with Crippen LogP contribution in [0.2, 0.25) is 5.15 Å². The SMILES string of the molecule is CC(C)(C)c1csc(CCNC(=O)C2CCCN(c3ccc(Cl)nn3)C2)n1. The third-order valence-corrected chi connectivity index (χ3v) is 5.80. The van der Waals surface area contributed by atoms with Gasteiger partial charge in [0.1, 0.15) is 0 Å². The fraction of sp³-hybridized carbons (Fsp3) is 0.579. The van der Waals surface area contributed by atoms with E-state index in [1.807, 2.05) is 6.07 Å². The van der Waals surface area contributed by atoms with Gasteiger partial charge in [-0.1, -0.05) is 32.4 Å². The lowest BCUT2D eigenvalue weighted by atomic mass is 9.93. The molecule has 2 aromatic rings. The van der Waals surface area contributed by atoms with Crippen molar-refractivity contribution >= 4 is 34.7 Å². The Morgan fingerprint density at radius 3 is 2.85 bits per heavy atom. The van der Waals surface area contributed by atoms with Gasteiger partial charge in [0.05, 0.1) is 16.6 Å². The first kappa shape index (κ1) is 20.0. The van der Waals surface area contributed by atoms with E-state index in [1.165, 1.54) is 0 Å². The Labute approximate surface area is 169 Å². The van der Waals surface area contributed by atoms with E-state index in [-0.39, 0.29) is 17.2 Å². The second-order valence-electron chi connectivity index (χ2n) is 7.92. The van der Waals surface area contributed by atoms with E-state index < -0.39 is 0 Å². The molecule has 1 saturated heterocycles. The number of carbonyl (C=O) groups excluding carboxylic acids is 1. The lowest BCUT2D eigenvalue weighted by Crippen LogP contribution is -2.43. The minimum Gasteiger partial charge on any atom is -0.355 e. The first-order valence-electron chi connectivity index (χ1n) is 9.30. The number of piperidine rings is 1. The van der Waals surface area contributed by atoms with Gasteiger partial charge in [-0.3, -0.25) is 4.79 Å². The van der Waals surface area contributed by atoms with Crippen molar-refractivity contribution in [1.29, 1.82) is 0 Å². The second kappa shape index (κ2) is 8.52. The number of hydrogen-bond acceptors (Lipinski definition) is 6. The molecule has 1 N–H and O–H groups in total. The minimum absolute atomic E-state index is 0.0299. The van der Waals surface area contributed by atoms with Gasteiger partial charge >= 0.3 is 0 Å². The topological polar surface area (TPSA) is 71.0 Å². The molecule has 2 aromatic heterocycles. The molecule has 1 aliphatic heterocycles. The van der Waals surface area contributed by atoms with Crippen LogP contribution in [0, 0.1) is 5.92 Å². The molecule has 8 heteroatoms. The van der Waals surface area contributed by atoms with E-state index in [2.05, 4.69) is 51.5 Å². The average Bonchev–Trinajstić information content (AvgIpc) is 3.12. The average molecular weight is 408 g/mol. The zero-order valence-electron chi connectivity index (χ0n) is 16.0. The van der Waals surface area contributed by atoms with Crippen LogP contribution >= 0.6 is 22.9 Å². The Morgan fingerprint density at radius 2 is 2.19 bits per heavy atom. The molecule has 27 heavy (non-hydrogen) atoms. The number of amides is 1. The molecule has 1 amide bonds. The van der Waals surface area contributed by atoms with E-state index in [0.29, 0.717) is 18.2 Å². The van der Waals surface area contributed by atoms with Crippen molar-refractivity contribution in [1.82, 2.24) is 20.5 Å². The summed E-state index contributed by atoms with van der Waals surface area (Å²) in [6, 6.07) is 3.58. The number of aromatic nitrogens is 3. The number of carbonyl (C=O) groups is 1. The Balaban J connectivity index is 1.49. The van der Waals surface area contributed by atoms with Gasteiger partial charge in [-0.2, -0.15) is 0 Å². The highest BCUT2D eigenvalue weighted by Gasteiger charge is 2.26. The van der Waals surface area contributed by atoms with Crippen molar-refractivity contribution in [3.05, 3.63) is 33.4 Å². The first-order valence-corrected chi connectivity index (χ1v) is 10.6. The molecule has 0 bridgehead atoms. The van der Waals surface area contributed by atoms with Crippen molar-refractivity contribution in [3.8, 4) is 0 Å². The number of halogens is 1. The summed E-state index contributed by atoms with van der Waals surface area (Å²) in [5.41, 5.74) is 1.18. The molecule has 1 aliphatic rings. The van der Waals surface area contributed by atoms with Crippen molar-refractivity contribution in [3.63, 3.8) is 0 Å². The van der Waals surface area contributed by atoms with Gasteiger partial charge in [0, 0.05) is 36.9 Å².